The highest BCUT2D eigenvalue weighted by atomic mass is 16.5. The van der Waals surface area contributed by atoms with E-state index in [9.17, 15) is 4.79 Å². The van der Waals surface area contributed by atoms with Crippen molar-refractivity contribution in [3.05, 3.63) is 71.3 Å². The highest BCUT2D eigenvalue weighted by molar-refractivity contribution is 5.94. The van der Waals surface area contributed by atoms with Crippen LogP contribution in [-0.4, -0.2) is 13.1 Å². The van der Waals surface area contributed by atoms with Crippen LogP contribution in [0.1, 0.15) is 30.5 Å². The lowest BCUT2D eigenvalue weighted by molar-refractivity contribution is -0.134. The van der Waals surface area contributed by atoms with E-state index in [2.05, 4.69) is 19.9 Å². The maximum Gasteiger partial charge on any atom is 0.330 e. The second-order valence-corrected chi connectivity index (χ2v) is 6.74. The lowest BCUT2D eigenvalue weighted by Crippen LogP contribution is -2.11. The number of benzene rings is 2. The largest absolute Gasteiger partial charge is 0.489 e. The minimum atomic E-state index is -0.318. The molecule has 0 heterocycles. The van der Waals surface area contributed by atoms with Crippen LogP contribution in [0.15, 0.2) is 54.6 Å². The Balaban J connectivity index is 1.86. The molecule has 0 amide bonds. The van der Waals surface area contributed by atoms with Gasteiger partial charge in [0.2, 0.25) is 0 Å². The third-order valence-corrected chi connectivity index (χ3v) is 4.44. The number of methoxy groups -OCH3 is 1. The Kier molecular flexibility index (Phi) is 4.43. The number of ether oxygens (including phenoxy) is 2. The first-order chi connectivity index (χ1) is 11.5. The van der Waals surface area contributed by atoms with Crippen molar-refractivity contribution in [1.82, 2.24) is 0 Å². The number of esters is 1. The van der Waals surface area contributed by atoms with Crippen LogP contribution < -0.4 is 4.74 Å². The van der Waals surface area contributed by atoms with Crippen molar-refractivity contribution in [3.63, 3.8) is 0 Å². The van der Waals surface area contributed by atoms with Crippen LogP contribution >= 0.6 is 0 Å². The summed E-state index contributed by atoms with van der Waals surface area (Å²) in [6.45, 7) is 4.82. The first-order valence-electron chi connectivity index (χ1n) is 8.10. The zero-order valence-corrected chi connectivity index (χ0v) is 14.3. The fourth-order valence-electron chi connectivity index (χ4n) is 3.18. The van der Waals surface area contributed by atoms with Gasteiger partial charge in [0, 0.05) is 6.08 Å². The maximum absolute atomic E-state index is 11.7. The molecule has 3 nitrogen and oxygen atoms in total. The zero-order valence-electron chi connectivity index (χ0n) is 14.3. The molecule has 3 rings (SSSR count). The van der Waals surface area contributed by atoms with Gasteiger partial charge in [0.15, 0.2) is 0 Å². The van der Waals surface area contributed by atoms with Crippen LogP contribution in [0.2, 0.25) is 0 Å². The molecule has 0 fully saturated rings. The molecule has 0 spiro atoms. The average molecular weight is 322 g/mol. The number of allylic oxidation sites excluding steroid dienone is 1. The standard InChI is InChI=1S/C21H22O3/c1-21(2)13-16-9-10-17(24-14-15-7-5-4-6-8-15)11-18(16)19(21)12-20(22)23-3/h4-12H,13-14H2,1-3H3/b19-12-. The first kappa shape index (κ1) is 16.3. The molecule has 124 valence electrons. The Labute approximate surface area is 142 Å². The summed E-state index contributed by atoms with van der Waals surface area (Å²) < 4.78 is 10.7. The van der Waals surface area contributed by atoms with Gasteiger partial charge >= 0.3 is 5.97 Å². The molecule has 0 N–H and O–H groups in total. The van der Waals surface area contributed by atoms with Crippen LogP contribution in [0.25, 0.3) is 5.57 Å². The molecule has 0 bridgehead atoms. The van der Waals surface area contributed by atoms with E-state index in [1.165, 1.54) is 12.7 Å². The summed E-state index contributed by atoms with van der Waals surface area (Å²) in [5.74, 6) is 0.493. The van der Waals surface area contributed by atoms with E-state index < -0.39 is 0 Å². The molecule has 0 aliphatic heterocycles. The third-order valence-electron chi connectivity index (χ3n) is 4.44. The summed E-state index contributed by atoms with van der Waals surface area (Å²) in [6.07, 6.45) is 2.51. The minimum absolute atomic E-state index is 0.0887. The topological polar surface area (TPSA) is 35.5 Å². The van der Waals surface area contributed by atoms with Crippen molar-refractivity contribution in [3.8, 4) is 5.75 Å². The molecule has 0 saturated heterocycles. The summed E-state index contributed by atoms with van der Waals surface area (Å²) >= 11 is 0. The molecular weight excluding hydrogens is 300 g/mol. The van der Waals surface area contributed by atoms with E-state index in [-0.39, 0.29) is 11.4 Å². The SMILES string of the molecule is COC(=O)/C=C1/c2cc(OCc3ccccc3)ccc2CC1(C)C. The molecule has 0 unspecified atom stereocenters. The number of carbonyl (C=O) groups is 1. The quantitative estimate of drug-likeness (QED) is 0.618. The molecule has 2 aromatic carbocycles. The molecule has 24 heavy (non-hydrogen) atoms. The highest BCUT2D eigenvalue weighted by Crippen LogP contribution is 2.47. The number of carbonyl (C=O) groups excluding carboxylic acids is 1. The minimum Gasteiger partial charge on any atom is -0.489 e. The average Bonchev–Trinajstić information content (AvgIpc) is 2.83. The molecule has 2 aromatic rings. The molecule has 1 aliphatic carbocycles. The van der Waals surface area contributed by atoms with Gasteiger partial charge in [-0.25, -0.2) is 4.79 Å². The van der Waals surface area contributed by atoms with Gasteiger partial charge in [-0.1, -0.05) is 50.2 Å². The molecule has 0 saturated carbocycles. The van der Waals surface area contributed by atoms with Crippen molar-refractivity contribution in [2.75, 3.05) is 7.11 Å². The Bertz CT molecular complexity index is 773. The number of hydrogen-bond donors (Lipinski definition) is 0. The predicted octanol–water partition coefficient (Wildman–Crippen LogP) is 4.40. The van der Waals surface area contributed by atoms with E-state index in [4.69, 9.17) is 9.47 Å². The van der Waals surface area contributed by atoms with E-state index in [0.717, 1.165) is 28.9 Å². The summed E-state index contributed by atoms with van der Waals surface area (Å²) in [7, 11) is 1.40. The molecular formula is C21H22O3. The van der Waals surface area contributed by atoms with Crippen LogP contribution in [0, 0.1) is 5.41 Å². The Morgan fingerprint density at radius 2 is 1.92 bits per heavy atom. The summed E-state index contributed by atoms with van der Waals surface area (Å²) in [5.41, 5.74) is 4.37. The summed E-state index contributed by atoms with van der Waals surface area (Å²) in [6, 6.07) is 16.2. The molecule has 1 aliphatic rings. The Morgan fingerprint density at radius 1 is 1.17 bits per heavy atom. The first-order valence-corrected chi connectivity index (χ1v) is 8.10. The van der Waals surface area contributed by atoms with Gasteiger partial charge in [0.25, 0.3) is 0 Å². The van der Waals surface area contributed by atoms with Crippen LogP contribution in [-0.2, 0) is 22.6 Å². The van der Waals surface area contributed by atoms with Gasteiger partial charge in [0.1, 0.15) is 12.4 Å². The van der Waals surface area contributed by atoms with Crippen molar-refractivity contribution in [1.29, 1.82) is 0 Å². The van der Waals surface area contributed by atoms with Gasteiger partial charge in [-0.3, -0.25) is 0 Å². The van der Waals surface area contributed by atoms with Gasteiger partial charge < -0.3 is 9.47 Å². The molecule has 0 aromatic heterocycles. The smallest absolute Gasteiger partial charge is 0.330 e. The summed E-state index contributed by atoms with van der Waals surface area (Å²) in [5, 5.41) is 0. The summed E-state index contributed by atoms with van der Waals surface area (Å²) in [4.78, 5) is 11.7. The lowest BCUT2D eigenvalue weighted by Gasteiger charge is -2.19. The van der Waals surface area contributed by atoms with Gasteiger partial charge in [-0.15, -0.1) is 0 Å². The number of rotatable bonds is 4. The lowest BCUT2D eigenvalue weighted by atomic mass is 9.85. The fourth-order valence-corrected chi connectivity index (χ4v) is 3.18. The highest BCUT2D eigenvalue weighted by Gasteiger charge is 2.34. The van der Waals surface area contributed by atoms with Crippen molar-refractivity contribution < 1.29 is 14.3 Å². The Hall–Kier alpha value is -2.55. The number of fused-ring (bicyclic) bond motifs is 1. The van der Waals surface area contributed by atoms with Crippen molar-refractivity contribution >= 4 is 11.5 Å². The van der Waals surface area contributed by atoms with Gasteiger partial charge in [0.05, 0.1) is 7.11 Å². The van der Waals surface area contributed by atoms with Crippen LogP contribution in [0.4, 0.5) is 0 Å². The van der Waals surface area contributed by atoms with E-state index in [1.807, 2.05) is 42.5 Å². The van der Waals surface area contributed by atoms with Gasteiger partial charge in [-0.05, 0) is 46.2 Å². The monoisotopic (exact) mass is 322 g/mol. The molecule has 3 heteroatoms. The maximum atomic E-state index is 11.7. The van der Waals surface area contributed by atoms with Crippen molar-refractivity contribution in [2.24, 2.45) is 5.41 Å². The van der Waals surface area contributed by atoms with E-state index in [0.29, 0.717) is 6.61 Å². The third kappa shape index (κ3) is 3.35. The number of hydrogen-bond acceptors (Lipinski definition) is 3. The van der Waals surface area contributed by atoms with Gasteiger partial charge in [-0.2, -0.15) is 0 Å². The van der Waals surface area contributed by atoms with Crippen LogP contribution in [0.5, 0.6) is 5.75 Å². The van der Waals surface area contributed by atoms with Crippen molar-refractivity contribution in [2.45, 2.75) is 26.9 Å². The zero-order chi connectivity index (χ0) is 17.2. The Morgan fingerprint density at radius 3 is 2.62 bits per heavy atom. The van der Waals surface area contributed by atoms with E-state index >= 15 is 0 Å². The van der Waals surface area contributed by atoms with E-state index in [1.54, 1.807) is 6.08 Å². The second-order valence-electron chi connectivity index (χ2n) is 6.74. The fraction of sp³-hybridized carbons (Fsp3) is 0.286. The van der Waals surface area contributed by atoms with Crippen LogP contribution in [0.3, 0.4) is 0 Å². The molecule has 0 atom stereocenters. The second kappa shape index (κ2) is 6.52. The normalized spacial score (nSPS) is 16.7. The molecule has 0 radical (unpaired) electrons. The predicted molar refractivity (Wildman–Crippen MR) is 94.7 cm³/mol.